The standard InChI is InChI=1S/C17H28N4O2S/c1-12(2)8-9-18-15(22)10-14-11-24-17(20-14)21-16(23)19-13-6-4-3-5-7-13/h11-13H,3-10H2,1-2H3,(H,18,22)(H2,19,20,21,23). The Morgan fingerprint density at radius 1 is 1.29 bits per heavy atom. The van der Waals surface area contributed by atoms with Crippen LogP contribution in [0.15, 0.2) is 5.38 Å². The minimum Gasteiger partial charge on any atom is -0.356 e. The minimum atomic E-state index is -0.204. The van der Waals surface area contributed by atoms with Crippen LogP contribution in [0.2, 0.25) is 0 Å². The van der Waals surface area contributed by atoms with Gasteiger partial charge >= 0.3 is 6.03 Å². The van der Waals surface area contributed by atoms with Crippen LogP contribution in [0.25, 0.3) is 0 Å². The molecule has 7 heteroatoms. The molecule has 0 spiro atoms. The molecule has 0 saturated heterocycles. The molecule has 24 heavy (non-hydrogen) atoms. The summed E-state index contributed by atoms with van der Waals surface area (Å²) in [5.74, 6) is 0.544. The number of thiazole rings is 1. The van der Waals surface area contributed by atoms with Crippen LogP contribution in [-0.4, -0.2) is 29.5 Å². The van der Waals surface area contributed by atoms with E-state index in [0.29, 0.717) is 23.3 Å². The third-order valence-electron chi connectivity index (χ3n) is 4.10. The van der Waals surface area contributed by atoms with Gasteiger partial charge < -0.3 is 10.6 Å². The zero-order valence-corrected chi connectivity index (χ0v) is 15.4. The molecule has 0 bridgehead atoms. The van der Waals surface area contributed by atoms with Crippen LogP contribution in [0.3, 0.4) is 0 Å². The van der Waals surface area contributed by atoms with Crippen molar-refractivity contribution in [3.63, 3.8) is 0 Å². The van der Waals surface area contributed by atoms with E-state index in [1.165, 1.54) is 30.6 Å². The first kappa shape index (κ1) is 18.7. The van der Waals surface area contributed by atoms with Crippen LogP contribution in [-0.2, 0) is 11.2 Å². The minimum absolute atomic E-state index is 0.0286. The number of nitrogens with zero attached hydrogens (tertiary/aromatic N) is 1. The highest BCUT2D eigenvalue weighted by Gasteiger charge is 2.16. The van der Waals surface area contributed by atoms with Crippen molar-refractivity contribution in [2.75, 3.05) is 11.9 Å². The molecule has 1 saturated carbocycles. The highest BCUT2D eigenvalue weighted by Crippen LogP contribution is 2.19. The summed E-state index contributed by atoms with van der Waals surface area (Å²) in [4.78, 5) is 28.1. The lowest BCUT2D eigenvalue weighted by atomic mass is 9.96. The monoisotopic (exact) mass is 352 g/mol. The fourth-order valence-corrected chi connectivity index (χ4v) is 3.44. The first-order chi connectivity index (χ1) is 11.5. The van der Waals surface area contributed by atoms with Crippen LogP contribution in [0, 0.1) is 5.92 Å². The SMILES string of the molecule is CC(C)CCNC(=O)Cc1csc(NC(=O)NC2CCCCC2)n1. The second-order valence-corrected chi connectivity index (χ2v) is 7.64. The average molecular weight is 353 g/mol. The first-order valence-electron chi connectivity index (χ1n) is 8.81. The predicted octanol–water partition coefficient (Wildman–Crippen LogP) is 3.30. The fraction of sp³-hybridized carbons (Fsp3) is 0.706. The summed E-state index contributed by atoms with van der Waals surface area (Å²) in [7, 11) is 0. The van der Waals surface area contributed by atoms with Gasteiger partial charge in [-0.1, -0.05) is 33.1 Å². The molecule has 0 radical (unpaired) electrons. The highest BCUT2D eigenvalue weighted by atomic mass is 32.1. The number of anilines is 1. The summed E-state index contributed by atoms with van der Waals surface area (Å²) in [6.07, 6.45) is 6.93. The molecule has 0 aliphatic heterocycles. The fourth-order valence-electron chi connectivity index (χ4n) is 2.74. The van der Waals surface area contributed by atoms with Crippen molar-refractivity contribution in [3.05, 3.63) is 11.1 Å². The summed E-state index contributed by atoms with van der Waals surface area (Å²) in [6, 6.07) is 0.0640. The second kappa shape index (κ2) is 9.61. The molecule has 0 aromatic carbocycles. The Hall–Kier alpha value is -1.63. The highest BCUT2D eigenvalue weighted by molar-refractivity contribution is 7.13. The van der Waals surface area contributed by atoms with Crippen molar-refractivity contribution in [2.24, 2.45) is 5.92 Å². The van der Waals surface area contributed by atoms with Gasteiger partial charge in [0.15, 0.2) is 5.13 Å². The number of carbonyl (C=O) groups is 2. The molecular formula is C17H28N4O2S. The summed E-state index contributed by atoms with van der Waals surface area (Å²) in [6.45, 7) is 4.95. The van der Waals surface area contributed by atoms with E-state index in [2.05, 4.69) is 34.8 Å². The number of amides is 3. The second-order valence-electron chi connectivity index (χ2n) is 6.79. The van der Waals surface area contributed by atoms with Gasteiger partial charge in [-0.05, 0) is 25.2 Å². The van der Waals surface area contributed by atoms with Gasteiger partial charge in [0.2, 0.25) is 5.91 Å². The Balaban J connectivity index is 1.71. The topological polar surface area (TPSA) is 83.1 Å². The van der Waals surface area contributed by atoms with E-state index in [1.807, 2.05) is 5.38 Å². The number of nitrogens with one attached hydrogen (secondary N) is 3. The third kappa shape index (κ3) is 6.86. The molecule has 1 aromatic heterocycles. The number of aromatic nitrogens is 1. The Morgan fingerprint density at radius 2 is 2.04 bits per heavy atom. The molecule has 6 nitrogen and oxygen atoms in total. The first-order valence-corrected chi connectivity index (χ1v) is 9.69. The maximum Gasteiger partial charge on any atom is 0.321 e. The van der Waals surface area contributed by atoms with Gasteiger partial charge in [0.1, 0.15) is 0 Å². The van der Waals surface area contributed by atoms with E-state index in [1.54, 1.807) is 0 Å². The lowest BCUT2D eigenvalue weighted by Crippen LogP contribution is -2.39. The smallest absolute Gasteiger partial charge is 0.321 e. The lowest BCUT2D eigenvalue weighted by Gasteiger charge is -2.22. The summed E-state index contributed by atoms with van der Waals surface area (Å²) >= 11 is 1.35. The van der Waals surface area contributed by atoms with Crippen molar-refractivity contribution in [2.45, 2.75) is 64.8 Å². The summed E-state index contributed by atoms with van der Waals surface area (Å²) < 4.78 is 0. The van der Waals surface area contributed by atoms with Gasteiger partial charge in [0, 0.05) is 18.0 Å². The summed E-state index contributed by atoms with van der Waals surface area (Å²) in [5, 5.41) is 11.0. The lowest BCUT2D eigenvalue weighted by molar-refractivity contribution is -0.120. The van der Waals surface area contributed by atoms with Crippen molar-refractivity contribution in [1.29, 1.82) is 0 Å². The molecule has 3 N–H and O–H groups in total. The largest absolute Gasteiger partial charge is 0.356 e. The van der Waals surface area contributed by atoms with E-state index in [4.69, 9.17) is 0 Å². The molecule has 3 amide bonds. The van der Waals surface area contributed by atoms with Gasteiger partial charge in [-0.3, -0.25) is 10.1 Å². The van der Waals surface area contributed by atoms with E-state index < -0.39 is 0 Å². The zero-order chi connectivity index (χ0) is 17.4. The molecule has 1 aliphatic rings. The Bertz CT molecular complexity index is 538. The van der Waals surface area contributed by atoms with E-state index >= 15 is 0 Å². The molecule has 134 valence electrons. The number of hydrogen-bond acceptors (Lipinski definition) is 4. The van der Waals surface area contributed by atoms with Crippen LogP contribution in [0.1, 0.15) is 58.1 Å². The Morgan fingerprint density at radius 3 is 2.75 bits per heavy atom. The van der Waals surface area contributed by atoms with Gasteiger partial charge in [0.05, 0.1) is 12.1 Å². The normalized spacial score (nSPS) is 15.3. The quantitative estimate of drug-likeness (QED) is 0.704. The molecular weight excluding hydrogens is 324 g/mol. The molecule has 1 fully saturated rings. The molecule has 1 aliphatic carbocycles. The van der Waals surface area contributed by atoms with Crippen molar-refractivity contribution in [3.8, 4) is 0 Å². The van der Waals surface area contributed by atoms with Crippen molar-refractivity contribution < 1.29 is 9.59 Å². The van der Waals surface area contributed by atoms with E-state index in [0.717, 1.165) is 19.3 Å². The maximum atomic E-state index is 12.0. The Kier molecular flexibility index (Phi) is 7.49. The number of carbonyl (C=O) groups excluding carboxylic acids is 2. The molecule has 2 rings (SSSR count). The van der Waals surface area contributed by atoms with E-state index in [-0.39, 0.29) is 24.4 Å². The molecule has 1 aromatic rings. The van der Waals surface area contributed by atoms with E-state index in [9.17, 15) is 9.59 Å². The van der Waals surface area contributed by atoms with Crippen LogP contribution >= 0.6 is 11.3 Å². The van der Waals surface area contributed by atoms with Crippen LogP contribution in [0.5, 0.6) is 0 Å². The van der Waals surface area contributed by atoms with Gasteiger partial charge in [-0.2, -0.15) is 0 Å². The zero-order valence-electron chi connectivity index (χ0n) is 14.6. The number of rotatable bonds is 7. The summed E-state index contributed by atoms with van der Waals surface area (Å²) in [5.41, 5.74) is 0.690. The van der Waals surface area contributed by atoms with Crippen molar-refractivity contribution in [1.82, 2.24) is 15.6 Å². The van der Waals surface area contributed by atoms with Gasteiger partial charge in [-0.15, -0.1) is 11.3 Å². The molecule has 0 atom stereocenters. The number of urea groups is 1. The predicted molar refractivity (Wildman–Crippen MR) is 97.3 cm³/mol. The van der Waals surface area contributed by atoms with Gasteiger partial charge in [0.25, 0.3) is 0 Å². The average Bonchev–Trinajstić information content (AvgIpc) is 2.94. The van der Waals surface area contributed by atoms with Crippen molar-refractivity contribution >= 4 is 28.4 Å². The number of hydrogen-bond donors (Lipinski definition) is 3. The van der Waals surface area contributed by atoms with Crippen LogP contribution in [0.4, 0.5) is 9.93 Å². The molecule has 1 heterocycles. The molecule has 0 unspecified atom stereocenters. The maximum absolute atomic E-state index is 12.0. The Labute approximate surface area is 147 Å². The van der Waals surface area contributed by atoms with Gasteiger partial charge in [-0.25, -0.2) is 9.78 Å². The van der Waals surface area contributed by atoms with Crippen LogP contribution < -0.4 is 16.0 Å². The third-order valence-corrected chi connectivity index (χ3v) is 4.90.